The van der Waals surface area contributed by atoms with Gasteiger partial charge in [0.1, 0.15) is 0 Å². The fourth-order valence-electron chi connectivity index (χ4n) is 1.58. The molecule has 0 radical (unpaired) electrons. The van der Waals surface area contributed by atoms with Crippen LogP contribution in [0, 0.1) is 0 Å². The zero-order valence-electron chi connectivity index (χ0n) is 6.84. The Morgan fingerprint density at radius 1 is 1.18 bits per heavy atom. The highest BCUT2D eigenvalue weighted by Crippen LogP contribution is 2.32. The van der Waals surface area contributed by atoms with E-state index in [0.29, 0.717) is 0 Å². The molecule has 1 aliphatic rings. The van der Waals surface area contributed by atoms with Crippen LogP contribution in [0.15, 0.2) is 0 Å². The van der Waals surface area contributed by atoms with Crippen molar-refractivity contribution in [1.29, 1.82) is 0 Å². The molecule has 1 rings (SSSR count). The molecular weight excluding hydrogens is 162 g/mol. The summed E-state index contributed by atoms with van der Waals surface area (Å²) in [6.45, 7) is 1.75. The Morgan fingerprint density at radius 3 is 1.91 bits per heavy atom. The number of nitrogens with two attached hydrogens (primary N) is 1. The van der Waals surface area contributed by atoms with Crippen LogP contribution < -0.4 is 5.14 Å². The van der Waals surface area contributed by atoms with E-state index in [2.05, 4.69) is 0 Å². The first-order chi connectivity index (χ1) is 4.96. The minimum atomic E-state index is -3.33. The summed E-state index contributed by atoms with van der Waals surface area (Å²) in [5.41, 5.74) is 0. The Hall–Kier alpha value is -0.0900. The second kappa shape index (κ2) is 2.75. The van der Waals surface area contributed by atoms with E-state index < -0.39 is 14.8 Å². The first kappa shape index (κ1) is 9.00. The van der Waals surface area contributed by atoms with Crippen molar-refractivity contribution in [2.45, 2.75) is 43.8 Å². The van der Waals surface area contributed by atoms with Crippen LogP contribution in [0.3, 0.4) is 0 Å². The van der Waals surface area contributed by atoms with Gasteiger partial charge in [-0.1, -0.05) is 19.3 Å². The number of primary sulfonamides is 1. The standard InChI is InChI=1S/C7H15NO2S/c1-7(11(8,9)10)5-3-2-4-6-7/h2-6H2,1H3,(H2,8,9,10). The van der Waals surface area contributed by atoms with E-state index in [-0.39, 0.29) is 0 Å². The molecule has 4 heteroatoms. The second-order valence-corrected chi connectivity index (χ2v) is 5.63. The van der Waals surface area contributed by atoms with Crippen molar-refractivity contribution in [2.24, 2.45) is 5.14 Å². The highest BCUT2D eigenvalue weighted by Gasteiger charge is 2.37. The zero-order valence-corrected chi connectivity index (χ0v) is 7.65. The molecule has 1 saturated carbocycles. The Kier molecular flexibility index (Phi) is 2.25. The molecule has 0 unspecified atom stereocenters. The third-order valence-corrected chi connectivity index (χ3v) is 4.38. The molecule has 3 nitrogen and oxygen atoms in total. The van der Waals surface area contributed by atoms with Gasteiger partial charge in [0.2, 0.25) is 10.0 Å². The third-order valence-electron chi connectivity index (χ3n) is 2.60. The van der Waals surface area contributed by atoms with Crippen LogP contribution in [0.1, 0.15) is 39.0 Å². The molecule has 0 aromatic heterocycles. The van der Waals surface area contributed by atoms with Gasteiger partial charge in [0.25, 0.3) is 0 Å². The van der Waals surface area contributed by atoms with Gasteiger partial charge < -0.3 is 0 Å². The van der Waals surface area contributed by atoms with Gasteiger partial charge in [0, 0.05) is 0 Å². The quantitative estimate of drug-likeness (QED) is 0.649. The highest BCUT2D eigenvalue weighted by molar-refractivity contribution is 7.90. The molecule has 0 aromatic carbocycles. The van der Waals surface area contributed by atoms with E-state index in [1.165, 1.54) is 0 Å². The second-order valence-electron chi connectivity index (χ2n) is 3.56. The van der Waals surface area contributed by atoms with Crippen molar-refractivity contribution in [3.63, 3.8) is 0 Å². The van der Waals surface area contributed by atoms with Crippen LogP contribution in [0.4, 0.5) is 0 Å². The summed E-state index contributed by atoms with van der Waals surface area (Å²) >= 11 is 0. The normalized spacial score (nSPS) is 24.9. The molecule has 0 heterocycles. The summed E-state index contributed by atoms with van der Waals surface area (Å²) < 4.78 is 21.5. The topological polar surface area (TPSA) is 60.2 Å². The first-order valence-electron chi connectivity index (χ1n) is 3.98. The van der Waals surface area contributed by atoms with Crippen LogP contribution in [0.5, 0.6) is 0 Å². The van der Waals surface area contributed by atoms with Crippen LogP contribution in [0.2, 0.25) is 0 Å². The van der Waals surface area contributed by atoms with Gasteiger partial charge in [-0.3, -0.25) is 0 Å². The Morgan fingerprint density at radius 2 is 1.64 bits per heavy atom. The molecular formula is C7H15NO2S. The molecule has 0 bridgehead atoms. The third kappa shape index (κ3) is 1.73. The summed E-state index contributed by atoms with van der Waals surface area (Å²) in [5.74, 6) is 0. The van der Waals surface area contributed by atoms with Crippen molar-refractivity contribution < 1.29 is 8.42 Å². The maximum absolute atomic E-state index is 11.1. The summed E-state index contributed by atoms with van der Waals surface area (Å²) in [7, 11) is -3.33. The maximum Gasteiger partial charge on any atom is 0.214 e. The molecule has 11 heavy (non-hydrogen) atoms. The Bertz CT molecular complexity index is 227. The van der Waals surface area contributed by atoms with Gasteiger partial charge in [-0.05, 0) is 19.8 Å². The molecule has 0 amide bonds. The van der Waals surface area contributed by atoms with Crippen molar-refractivity contribution in [1.82, 2.24) is 0 Å². The summed E-state index contributed by atoms with van der Waals surface area (Å²) in [6, 6.07) is 0. The van der Waals surface area contributed by atoms with E-state index in [1.807, 2.05) is 0 Å². The summed E-state index contributed by atoms with van der Waals surface area (Å²) in [5, 5.41) is 5.12. The number of hydrogen-bond acceptors (Lipinski definition) is 2. The fourth-order valence-corrected chi connectivity index (χ4v) is 2.44. The average molecular weight is 177 g/mol. The Labute approximate surface area is 68.0 Å². The molecule has 66 valence electrons. The monoisotopic (exact) mass is 177 g/mol. The van der Waals surface area contributed by atoms with Crippen molar-refractivity contribution in [3.05, 3.63) is 0 Å². The maximum atomic E-state index is 11.1. The first-order valence-corrected chi connectivity index (χ1v) is 5.53. The van der Waals surface area contributed by atoms with Gasteiger partial charge in [0.15, 0.2) is 0 Å². The molecule has 0 saturated heterocycles. The minimum absolute atomic E-state index is 0.634. The lowest BCUT2D eigenvalue weighted by Crippen LogP contribution is -2.42. The molecule has 0 spiro atoms. The minimum Gasteiger partial charge on any atom is -0.228 e. The van der Waals surface area contributed by atoms with Gasteiger partial charge in [-0.15, -0.1) is 0 Å². The van der Waals surface area contributed by atoms with E-state index in [4.69, 9.17) is 5.14 Å². The zero-order chi connectivity index (χ0) is 8.54. The lowest BCUT2D eigenvalue weighted by molar-refractivity contribution is 0.395. The number of rotatable bonds is 1. The van der Waals surface area contributed by atoms with Crippen LogP contribution in [0.25, 0.3) is 0 Å². The number of hydrogen-bond donors (Lipinski definition) is 1. The predicted molar refractivity (Wildman–Crippen MR) is 44.6 cm³/mol. The predicted octanol–water partition coefficient (Wildman–Crippen LogP) is 0.998. The van der Waals surface area contributed by atoms with E-state index in [1.54, 1.807) is 6.92 Å². The van der Waals surface area contributed by atoms with Gasteiger partial charge in [-0.2, -0.15) is 0 Å². The lowest BCUT2D eigenvalue weighted by Gasteiger charge is -2.30. The van der Waals surface area contributed by atoms with E-state index in [0.717, 1.165) is 32.1 Å². The molecule has 1 fully saturated rings. The van der Waals surface area contributed by atoms with Gasteiger partial charge in [0.05, 0.1) is 4.75 Å². The lowest BCUT2D eigenvalue weighted by atomic mass is 9.90. The van der Waals surface area contributed by atoms with Gasteiger partial charge in [-0.25, -0.2) is 13.6 Å². The summed E-state index contributed by atoms with van der Waals surface area (Å²) in [4.78, 5) is 0. The fraction of sp³-hybridized carbons (Fsp3) is 1.00. The van der Waals surface area contributed by atoms with Crippen molar-refractivity contribution in [3.8, 4) is 0 Å². The SMILES string of the molecule is CC1(S(N)(=O)=O)CCCCC1. The van der Waals surface area contributed by atoms with E-state index >= 15 is 0 Å². The molecule has 0 aliphatic heterocycles. The summed E-state index contributed by atoms with van der Waals surface area (Å²) in [6.07, 6.45) is 4.59. The number of sulfonamides is 1. The molecule has 0 aromatic rings. The van der Waals surface area contributed by atoms with Crippen molar-refractivity contribution >= 4 is 10.0 Å². The van der Waals surface area contributed by atoms with Crippen LogP contribution >= 0.6 is 0 Å². The van der Waals surface area contributed by atoms with Crippen LogP contribution in [-0.4, -0.2) is 13.2 Å². The van der Waals surface area contributed by atoms with Crippen LogP contribution in [-0.2, 0) is 10.0 Å². The highest BCUT2D eigenvalue weighted by atomic mass is 32.2. The molecule has 0 atom stereocenters. The largest absolute Gasteiger partial charge is 0.228 e. The van der Waals surface area contributed by atoms with Gasteiger partial charge >= 0.3 is 0 Å². The molecule has 2 N–H and O–H groups in total. The van der Waals surface area contributed by atoms with E-state index in [9.17, 15) is 8.42 Å². The average Bonchev–Trinajstić information content (AvgIpc) is 1.87. The smallest absolute Gasteiger partial charge is 0.214 e. The van der Waals surface area contributed by atoms with Crippen molar-refractivity contribution in [2.75, 3.05) is 0 Å². The molecule has 1 aliphatic carbocycles. The Balaban J connectivity index is 2.81.